The average Bonchev–Trinajstić information content (AvgIpc) is 2.08. The maximum absolute atomic E-state index is 10.9. The van der Waals surface area contributed by atoms with Crippen LogP contribution in [0.4, 0.5) is 0 Å². The van der Waals surface area contributed by atoms with Crippen LogP contribution >= 0.6 is 7.82 Å². The van der Waals surface area contributed by atoms with E-state index in [0.29, 0.717) is 11.8 Å². The number of hydrogen-bond acceptors (Lipinski definition) is 2. The van der Waals surface area contributed by atoms with Crippen molar-refractivity contribution in [3.05, 3.63) is 0 Å². The molecule has 0 aromatic carbocycles. The van der Waals surface area contributed by atoms with Crippen LogP contribution < -0.4 is 0 Å². The molecular formula is C10H17O4P. The Morgan fingerprint density at radius 2 is 1.40 bits per heavy atom. The van der Waals surface area contributed by atoms with E-state index in [9.17, 15) is 4.57 Å². The lowest BCUT2D eigenvalue weighted by Crippen LogP contribution is -2.48. The van der Waals surface area contributed by atoms with Crippen molar-refractivity contribution in [1.82, 2.24) is 0 Å². The quantitative estimate of drug-likeness (QED) is 0.714. The van der Waals surface area contributed by atoms with Gasteiger partial charge in [-0.05, 0) is 55.8 Å². The summed E-state index contributed by atoms with van der Waals surface area (Å²) in [6.07, 6.45) is 5.67. The summed E-state index contributed by atoms with van der Waals surface area (Å²) in [4.78, 5) is 17.8. The van der Waals surface area contributed by atoms with E-state index in [1.165, 1.54) is 6.42 Å². The highest BCUT2D eigenvalue weighted by molar-refractivity contribution is 7.46. The molecule has 0 saturated heterocycles. The zero-order chi connectivity index (χ0) is 10.6. The van der Waals surface area contributed by atoms with Crippen LogP contribution in [0, 0.1) is 23.7 Å². The first-order valence-electron chi connectivity index (χ1n) is 5.75. The summed E-state index contributed by atoms with van der Waals surface area (Å²) >= 11 is 0. The second kappa shape index (κ2) is 3.30. The molecule has 4 rings (SSSR count). The van der Waals surface area contributed by atoms with Crippen molar-refractivity contribution in [3.63, 3.8) is 0 Å². The lowest BCUT2D eigenvalue weighted by atomic mass is 9.55. The Labute approximate surface area is 89.3 Å². The largest absolute Gasteiger partial charge is 0.469 e. The molecule has 4 bridgehead atoms. The van der Waals surface area contributed by atoms with Gasteiger partial charge in [0.25, 0.3) is 0 Å². The molecule has 0 unspecified atom stereocenters. The third-order valence-electron chi connectivity index (χ3n) is 4.40. The molecule has 5 heteroatoms. The van der Waals surface area contributed by atoms with Crippen LogP contribution in [-0.4, -0.2) is 15.9 Å². The Kier molecular flexibility index (Phi) is 2.26. The molecule has 2 N–H and O–H groups in total. The van der Waals surface area contributed by atoms with Crippen molar-refractivity contribution in [2.24, 2.45) is 23.7 Å². The molecule has 0 aliphatic heterocycles. The molecule has 0 aromatic rings. The van der Waals surface area contributed by atoms with Crippen LogP contribution in [-0.2, 0) is 9.09 Å². The van der Waals surface area contributed by atoms with Gasteiger partial charge in [-0.2, -0.15) is 0 Å². The molecule has 0 atom stereocenters. The highest BCUT2D eigenvalue weighted by Gasteiger charge is 2.50. The first-order valence-corrected chi connectivity index (χ1v) is 7.28. The number of phosphoric ester groups is 1. The third kappa shape index (κ3) is 1.89. The lowest BCUT2D eigenvalue weighted by Gasteiger charge is -2.53. The summed E-state index contributed by atoms with van der Waals surface area (Å²) < 4.78 is 15.9. The second-order valence-corrected chi connectivity index (χ2v) is 6.68. The van der Waals surface area contributed by atoms with E-state index in [4.69, 9.17) is 14.3 Å². The fraction of sp³-hybridized carbons (Fsp3) is 1.00. The summed E-state index contributed by atoms with van der Waals surface area (Å²) in [6, 6.07) is 0. The molecular weight excluding hydrogens is 215 g/mol. The normalized spacial score (nSPS) is 48.5. The predicted octanol–water partition coefficient (Wildman–Crippen LogP) is 1.92. The van der Waals surface area contributed by atoms with Crippen LogP contribution in [0.5, 0.6) is 0 Å². The Morgan fingerprint density at radius 3 is 1.80 bits per heavy atom. The minimum Gasteiger partial charge on any atom is -0.303 e. The van der Waals surface area contributed by atoms with Gasteiger partial charge in [0.1, 0.15) is 0 Å². The fourth-order valence-electron chi connectivity index (χ4n) is 4.21. The van der Waals surface area contributed by atoms with Gasteiger partial charge in [0, 0.05) is 0 Å². The van der Waals surface area contributed by atoms with Gasteiger partial charge in [-0.1, -0.05) is 0 Å². The van der Waals surface area contributed by atoms with Gasteiger partial charge in [0.05, 0.1) is 6.10 Å². The third-order valence-corrected chi connectivity index (χ3v) is 4.92. The van der Waals surface area contributed by atoms with E-state index in [0.717, 1.165) is 37.5 Å². The highest BCUT2D eigenvalue weighted by Crippen LogP contribution is 2.57. The molecule has 86 valence electrons. The SMILES string of the molecule is O=P(O)(O)OC1C2CC3CC(C2)CC1C3. The Balaban J connectivity index is 1.77. The first-order chi connectivity index (χ1) is 7.01. The summed E-state index contributed by atoms with van der Waals surface area (Å²) in [5.74, 6) is 2.44. The molecule has 4 aliphatic carbocycles. The van der Waals surface area contributed by atoms with Gasteiger partial charge in [-0.15, -0.1) is 0 Å². The summed E-state index contributed by atoms with van der Waals surface area (Å²) in [5, 5.41) is 0. The van der Waals surface area contributed by atoms with Crippen LogP contribution in [0.1, 0.15) is 32.1 Å². The predicted molar refractivity (Wildman–Crippen MR) is 54.0 cm³/mol. The first kappa shape index (κ1) is 10.3. The minimum absolute atomic E-state index is 0.168. The maximum atomic E-state index is 10.9. The van der Waals surface area contributed by atoms with Gasteiger partial charge in [0.15, 0.2) is 0 Å². The summed E-state index contributed by atoms with van der Waals surface area (Å²) in [5.41, 5.74) is 0. The monoisotopic (exact) mass is 232 g/mol. The highest BCUT2D eigenvalue weighted by atomic mass is 31.2. The van der Waals surface area contributed by atoms with Gasteiger partial charge in [-0.25, -0.2) is 4.57 Å². The summed E-state index contributed by atoms with van der Waals surface area (Å²) in [7, 11) is -4.29. The van der Waals surface area contributed by atoms with E-state index < -0.39 is 7.82 Å². The van der Waals surface area contributed by atoms with Crippen molar-refractivity contribution in [3.8, 4) is 0 Å². The van der Waals surface area contributed by atoms with E-state index in [1.807, 2.05) is 0 Å². The molecule has 0 spiro atoms. The summed E-state index contributed by atoms with van der Waals surface area (Å²) in [6.45, 7) is 0. The van der Waals surface area contributed by atoms with Crippen molar-refractivity contribution in [1.29, 1.82) is 0 Å². The molecule has 0 radical (unpaired) electrons. The maximum Gasteiger partial charge on any atom is 0.469 e. The number of hydrogen-bond donors (Lipinski definition) is 2. The molecule has 0 aromatic heterocycles. The van der Waals surface area contributed by atoms with Gasteiger partial charge >= 0.3 is 7.82 Å². The van der Waals surface area contributed by atoms with Crippen molar-refractivity contribution < 1.29 is 18.9 Å². The zero-order valence-corrected chi connectivity index (χ0v) is 9.47. The van der Waals surface area contributed by atoms with Crippen LogP contribution in [0.15, 0.2) is 0 Å². The smallest absolute Gasteiger partial charge is 0.303 e. The number of phosphoric acid groups is 1. The van der Waals surface area contributed by atoms with Gasteiger partial charge in [0.2, 0.25) is 0 Å². The molecule has 0 heterocycles. The topological polar surface area (TPSA) is 66.8 Å². The second-order valence-electron chi connectivity index (χ2n) is 5.49. The van der Waals surface area contributed by atoms with E-state index in [-0.39, 0.29) is 6.10 Å². The van der Waals surface area contributed by atoms with Crippen molar-refractivity contribution in [2.75, 3.05) is 0 Å². The fourth-order valence-corrected chi connectivity index (χ4v) is 4.87. The van der Waals surface area contributed by atoms with Crippen LogP contribution in [0.3, 0.4) is 0 Å². The average molecular weight is 232 g/mol. The van der Waals surface area contributed by atoms with E-state index in [1.54, 1.807) is 0 Å². The standard InChI is InChI=1S/C10H17O4P/c11-15(12,13)14-10-8-2-6-1-7(4-8)5-9(10)3-6/h6-10H,1-5H2,(H2,11,12,13). The molecule has 4 saturated carbocycles. The molecule has 4 nitrogen and oxygen atoms in total. The van der Waals surface area contributed by atoms with Crippen LogP contribution in [0.2, 0.25) is 0 Å². The lowest BCUT2D eigenvalue weighted by molar-refractivity contribution is -0.0878. The molecule has 0 amide bonds. The van der Waals surface area contributed by atoms with Crippen molar-refractivity contribution >= 4 is 7.82 Å². The zero-order valence-electron chi connectivity index (χ0n) is 8.58. The minimum atomic E-state index is -4.29. The van der Waals surface area contributed by atoms with E-state index >= 15 is 0 Å². The van der Waals surface area contributed by atoms with Crippen molar-refractivity contribution in [2.45, 2.75) is 38.2 Å². The van der Waals surface area contributed by atoms with Gasteiger partial charge in [-0.3, -0.25) is 4.52 Å². The Morgan fingerprint density at radius 1 is 0.933 bits per heavy atom. The number of rotatable bonds is 2. The molecule has 15 heavy (non-hydrogen) atoms. The van der Waals surface area contributed by atoms with Gasteiger partial charge < -0.3 is 9.79 Å². The van der Waals surface area contributed by atoms with Crippen LogP contribution in [0.25, 0.3) is 0 Å². The van der Waals surface area contributed by atoms with E-state index in [2.05, 4.69) is 0 Å². The molecule has 4 aliphatic rings. The Bertz CT molecular complexity index is 283. The Hall–Kier alpha value is 0.110. The molecule has 4 fully saturated rings.